The van der Waals surface area contributed by atoms with Crippen LogP contribution in [0.1, 0.15) is 153 Å². The lowest BCUT2D eigenvalue weighted by molar-refractivity contribution is 0.584. The second-order valence-electron chi connectivity index (χ2n) is 25.3. The topological polar surface area (TPSA) is 90.5 Å². The van der Waals surface area contributed by atoms with Crippen LogP contribution in [0.5, 0.6) is 0 Å². The van der Waals surface area contributed by atoms with Gasteiger partial charge in [-0.15, -0.1) is 10.2 Å². The number of pyridine rings is 1. The van der Waals surface area contributed by atoms with E-state index in [4.69, 9.17) is 19.4 Å². The van der Waals surface area contributed by atoms with Crippen molar-refractivity contribution in [2.45, 2.75) is 56.3 Å². The average Bonchev–Trinajstić information content (AvgIpc) is 0.774. The molecule has 0 saturated carbocycles. The van der Waals surface area contributed by atoms with Gasteiger partial charge in [-0.2, -0.15) is 0 Å². The molecule has 3 heterocycles. The van der Waals surface area contributed by atoms with Crippen molar-refractivity contribution in [1.29, 1.82) is 0 Å². The fourth-order valence-corrected chi connectivity index (χ4v) is 16.1. The molecule has 0 N–H and O–H groups in total. The Morgan fingerprint density at radius 2 is 0.500 bits per heavy atom. The molecule has 9 aliphatic rings. The highest BCUT2D eigenvalue weighted by Gasteiger charge is 2.44. The SMILES string of the molecule is Cc1ccc(-c2nnc(-c3ccc(-c4ccc5c(c4)C4c6ccccc6C5c5ccccc54)cc3)o2)cc1.Cc1ccncc1.Cc1nc(-c2ccc3c(c2)C2c4ccccc4C3c3ccccc32)nc(-c2ccc3c(c2)C2c4ccccc4C3c3ccccc32)n1. The third kappa shape index (κ3) is 8.63. The molecule has 0 atom stereocenters. The Hall–Kier alpha value is -11.3. The van der Waals surface area contributed by atoms with Crippen molar-refractivity contribution in [3.63, 3.8) is 0 Å². The number of hydrogen-bond donors (Lipinski definition) is 0. The fraction of sp³-hybridized carbons (Fsp3) is 0.106. The molecule has 0 saturated heterocycles. The van der Waals surface area contributed by atoms with E-state index in [2.05, 4.69) is 259 Å². The molecule has 14 aromatic rings. The van der Waals surface area contributed by atoms with Crippen LogP contribution in [-0.2, 0) is 0 Å². The standard InChI is InChI=1S/C44H29N3.C35H24N2O.C6H7N/c1-24-45-43(25-18-20-35-37(22-25)41-31-14-6-2-10-27(31)39(35)28-11-3-7-15-32(28)41)47-44(46-24)26-19-21-36-38(23-26)42-33-16-8-4-12-29(33)40(36)30-13-5-9-17-34(30)42;1-21-10-12-23(13-11-21)34-36-37-35(38-34)24-16-14-22(15-17-24)25-18-19-30-31(20-25)33-28-8-4-2-6-26(28)32(30)27-7-3-5-9-29(27)33;1-6-2-4-7-5-3-6/h2-23,39-42H,1H3;2-20,32-33H,1H3;2-5H,1H3. The minimum Gasteiger partial charge on any atom is -0.416 e. The van der Waals surface area contributed by atoms with Crippen LogP contribution in [0.25, 0.3) is 56.8 Å². The maximum atomic E-state index is 5.99. The highest BCUT2D eigenvalue weighted by molar-refractivity contribution is 5.77. The van der Waals surface area contributed by atoms with E-state index in [0.29, 0.717) is 17.7 Å². The maximum Gasteiger partial charge on any atom is 0.248 e. The summed E-state index contributed by atoms with van der Waals surface area (Å²) in [5.74, 6) is 4.78. The summed E-state index contributed by atoms with van der Waals surface area (Å²) in [7, 11) is 0. The molecule has 0 amide bonds. The van der Waals surface area contributed by atoms with E-state index in [1.807, 2.05) is 38.1 Å². The number of aromatic nitrogens is 6. The van der Waals surface area contributed by atoms with E-state index in [1.54, 1.807) is 12.4 Å². The first kappa shape index (κ1) is 53.7. The second kappa shape index (κ2) is 21.5. The average molecular weight is 1180 g/mol. The number of aryl methyl sites for hydroxylation is 3. The molecule has 436 valence electrons. The summed E-state index contributed by atoms with van der Waals surface area (Å²) in [6.07, 6.45) is 3.57. The van der Waals surface area contributed by atoms with E-state index < -0.39 is 0 Å². The van der Waals surface area contributed by atoms with Crippen molar-refractivity contribution < 1.29 is 4.42 Å². The van der Waals surface area contributed by atoms with Crippen molar-refractivity contribution in [1.82, 2.24) is 30.1 Å². The Labute approximate surface area is 535 Å². The zero-order valence-electron chi connectivity index (χ0n) is 51.0. The Bertz CT molecular complexity index is 4950. The van der Waals surface area contributed by atoms with Crippen molar-refractivity contribution in [3.8, 4) is 56.8 Å². The normalized spacial score (nSPS) is 17.7. The molecular formula is C85H60N6O. The lowest BCUT2D eigenvalue weighted by atomic mass is 9.61. The van der Waals surface area contributed by atoms with Gasteiger partial charge in [-0.1, -0.05) is 212 Å². The lowest BCUT2D eigenvalue weighted by Crippen LogP contribution is -2.27. The number of hydrogen-bond acceptors (Lipinski definition) is 7. The van der Waals surface area contributed by atoms with E-state index in [0.717, 1.165) is 39.7 Å². The molecule has 7 nitrogen and oxygen atoms in total. The third-order valence-corrected chi connectivity index (χ3v) is 20.1. The van der Waals surface area contributed by atoms with Crippen molar-refractivity contribution in [2.24, 2.45) is 0 Å². The van der Waals surface area contributed by atoms with Crippen molar-refractivity contribution in [2.75, 3.05) is 0 Å². The van der Waals surface area contributed by atoms with E-state index in [1.165, 1.54) is 122 Å². The highest BCUT2D eigenvalue weighted by Crippen LogP contribution is 2.59. The summed E-state index contributed by atoms with van der Waals surface area (Å²) in [5.41, 5.74) is 34.3. The van der Waals surface area contributed by atoms with Gasteiger partial charge >= 0.3 is 0 Å². The summed E-state index contributed by atoms with van der Waals surface area (Å²) >= 11 is 0. The second-order valence-corrected chi connectivity index (χ2v) is 25.3. The van der Waals surface area contributed by atoms with Crippen LogP contribution in [-0.4, -0.2) is 30.1 Å². The molecule has 0 unspecified atom stereocenters. The van der Waals surface area contributed by atoms with Gasteiger partial charge in [0.2, 0.25) is 11.8 Å². The zero-order valence-corrected chi connectivity index (χ0v) is 51.0. The van der Waals surface area contributed by atoms with Gasteiger partial charge in [-0.3, -0.25) is 4.98 Å². The van der Waals surface area contributed by atoms with Gasteiger partial charge in [0.15, 0.2) is 11.6 Å². The van der Waals surface area contributed by atoms with Gasteiger partial charge in [-0.05, 0) is 192 Å². The molecule has 0 spiro atoms. The van der Waals surface area contributed by atoms with E-state index in [9.17, 15) is 0 Å². The maximum absolute atomic E-state index is 5.99. The van der Waals surface area contributed by atoms with Gasteiger partial charge in [0, 0.05) is 70.2 Å². The van der Waals surface area contributed by atoms with Gasteiger partial charge in [0.1, 0.15) is 5.82 Å². The molecule has 11 aromatic carbocycles. The number of rotatable bonds is 5. The molecular weight excluding hydrogens is 1120 g/mol. The van der Waals surface area contributed by atoms with Gasteiger partial charge < -0.3 is 4.42 Å². The summed E-state index contributed by atoms with van der Waals surface area (Å²) in [6, 6.07) is 95.0. The minimum absolute atomic E-state index is 0.214. The minimum atomic E-state index is 0.214. The molecule has 92 heavy (non-hydrogen) atoms. The molecule has 6 bridgehead atoms. The van der Waals surface area contributed by atoms with Crippen LogP contribution in [0.4, 0.5) is 0 Å². The molecule has 0 radical (unpaired) electrons. The summed E-state index contributed by atoms with van der Waals surface area (Å²) in [6.45, 7) is 6.09. The van der Waals surface area contributed by atoms with Gasteiger partial charge in [0.25, 0.3) is 0 Å². The molecule has 9 aliphatic carbocycles. The smallest absolute Gasteiger partial charge is 0.248 e. The Morgan fingerprint density at radius 1 is 0.239 bits per heavy atom. The summed E-state index contributed by atoms with van der Waals surface area (Å²) < 4.78 is 5.99. The van der Waals surface area contributed by atoms with Gasteiger partial charge in [0.05, 0.1) is 0 Å². The summed E-state index contributed by atoms with van der Waals surface area (Å²) in [4.78, 5) is 18.8. The largest absolute Gasteiger partial charge is 0.416 e. The third-order valence-electron chi connectivity index (χ3n) is 20.1. The van der Waals surface area contributed by atoms with Crippen LogP contribution < -0.4 is 0 Å². The molecule has 0 fully saturated rings. The lowest BCUT2D eigenvalue weighted by Gasteiger charge is -2.42. The first-order chi connectivity index (χ1) is 45.4. The molecule has 7 heteroatoms. The van der Waals surface area contributed by atoms with Crippen LogP contribution in [0.2, 0.25) is 0 Å². The Kier molecular flexibility index (Phi) is 12.5. The predicted molar refractivity (Wildman–Crippen MR) is 364 cm³/mol. The predicted octanol–water partition coefficient (Wildman–Crippen LogP) is 19.2. The first-order valence-corrected chi connectivity index (χ1v) is 31.9. The van der Waals surface area contributed by atoms with Crippen LogP contribution >= 0.6 is 0 Å². The number of benzene rings is 11. The molecule has 0 aliphatic heterocycles. The van der Waals surface area contributed by atoms with Crippen molar-refractivity contribution >= 4 is 0 Å². The monoisotopic (exact) mass is 1180 g/mol. The van der Waals surface area contributed by atoms with E-state index in [-0.39, 0.29) is 29.6 Å². The van der Waals surface area contributed by atoms with Crippen LogP contribution in [0, 0.1) is 20.8 Å². The Balaban J connectivity index is 0.000000125. The van der Waals surface area contributed by atoms with Crippen molar-refractivity contribution in [3.05, 3.63) is 390 Å². The van der Waals surface area contributed by atoms with Crippen LogP contribution in [0.3, 0.4) is 0 Å². The van der Waals surface area contributed by atoms with E-state index >= 15 is 0 Å². The Morgan fingerprint density at radius 3 is 0.826 bits per heavy atom. The zero-order chi connectivity index (χ0) is 61.1. The quantitative estimate of drug-likeness (QED) is 0.170. The summed E-state index contributed by atoms with van der Waals surface area (Å²) in [5, 5.41) is 8.56. The first-order valence-electron chi connectivity index (χ1n) is 31.9. The highest BCUT2D eigenvalue weighted by atomic mass is 16.4. The number of nitrogens with zero attached hydrogens (tertiary/aromatic N) is 6. The molecule has 3 aromatic heterocycles. The fourth-order valence-electron chi connectivity index (χ4n) is 16.1. The molecule has 23 rings (SSSR count). The van der Waals surface area contributed by atoms with Gasteiger partial charge in [-0.25, -0.2) is 15.0 Å². The van der Waals surface area contributed by atoms with Crippen LogP contribution in [0.15, 0.2) is 278 Å².